The molecule has 19 heteroatoms. The number of carbonyl (C=O) groups is 2. The third-order valence-corrected chi connectivity index (χ3v) is 15.7. The number of piperazine rings is 1. The van der Waals surface area contributed by atoms with Crippen LogP contribution in [0, 0.1) is 6.92 Å². The summed E-state index contributed by atoms with van der Waals surface area (Å²) in [5, 5.41) is 9.28. The predicted octanol–water partition coefficient (Wildman–Crippen LogP) is 6.69. The summed E-state index contributed by atoms with van der Waals surface area (Å²) < 4.78 is 43.9. The van der Waals surface area contributed by atoms with Gasteiger partial charge in [0, 0.05) is 102 Å². The molecular weight excluding hydrogens is 920 g/mol. The van der Waals surface area contributed by atoms with E-state index in [9.17, 15) is 18.0 Å². The molecule has 4 aliphatic rings. The molecule has 0 bridgehead atoms. The van der Waals surface area contributed by atoms with Gasteiger partial charge in [-0.25, -0.2) is 13.4 Å². The minimum Gasteiger partial charge on any atom is -0.497 e. The normalized spacial score (nSPS) is 19.1. The number of sulfonamides is 1. The van der Waals surface area contributed by atoms with Crippen molar-refractivity contribution < 1.29 is 32.2 Å². The van der Waals surface area contributed by atoms with Crippen LogP contribution >= 0.6 is 11.6 Å². The lowest BCUT2D eigenvalue weighted by Crippen LogP contribution is -2.53. The number of nitrogens with one attached hydrogen (secondary N) is 3. The third-order valence-electron chi connectivity index (χ3n) is 14.2. The van der Waals surface area contributed by atoms with E-state index in [1.54, 1.807) is 25.3 Å². The van der Waals surface area contributed by atoms with Gasteiger partial charge in [-0.1, -0.05) is 24.6 Å². The van der Waals surface area contributed by atoms with E-state index in [0.717, 1.165) is 125 Å². The Bertz CT molecular complexity index is 2580. The van der Waals surface area contributed by atoms with Gasteiger partial charge in [0.1, 0.15) is 16.5 Å². The molecule has 3 aromatic carbocycles. The highest BCUT2D eigenvalue weighted by Gasteiger charge is 2.31. The highest BCUT2D eigenvalue weighted by Crippen LogP contribution is 2.39. The van der Waals surface area contributed by atoms with Gasteiger partial charge in [-0.2, -0.15) is 4.98 Å². The summed E-state index contributed by atoms with van der Waals surface area (Å²) in [4.78, 5) is 43.4. The molecule has 5 heterocycles. The number of ether oxygens (including phenoxy) is 3. The molecule has 17 nitrogen and oxygen atoms in total. The number of aromatic nitrogens is 2. The highest BCUT2D eigenvalue weighted by molar-refractivity contribution is 7.92. The topological polar surface area (TPSA) is 174 Å². The monoisotopic (exact) mass is 986 g/mol. The fraction of sp³-hybridized carbons (Fsp3) is 0.520. The third kappa shape index (κ3) is 12.0. The maximum Gasteiger partial charge on any atom is 0.234 e. The van der Waals surface area contributed by atoms with Crippen LogP contribution < -0.4 is 39.5 Å². The molecule has 1 unspecified atom stereocenters. The van der Waals surface area contributed by atoms with E-state index in [4.69, 9.17) is 25.8 Å². The summed E-state index contributed by atoms with van der Waals surface area (Å²) >= 11 is 6.57. The zero-order valence-corrected chi connectivity index (χ0v) is 42.3. The first-order valence-corrected chi connectivity index (χ1v) is 26.4. The number of carbonyl (C=O) groups excluding carboxylic acids is 2. The van der Waals surface area contributed by atoms with Crippen LogP contribution in [0.3, 0.4) is 0 Å². The number of halogens is 1. The molecular formula is C50H67ClN10O7S. The summed E-state index contributed by atoms with van der Waals surface area (Å²) in [5.74, 6) is 1.12. The molecule has 372 valence electrons. The van der Waals surface area contributed by atoms with Crippen molar-refractivity contribution in [3.63, 3.8) is 0 Å². The van der Waals surface area contributed by atoms with Gasteiger partial charge < -0.3 is 34.6 Å². The minimum atomic E-state index is -3.58. The summed E-state index contributed by atoms with van der Waals surface area (Å²) in [6, 6.07) is 16.2. The lowest BCUT2D eigenvalue weighted by atomic mass is 9.87. The molecule has 8 rings (SSSR count). The molecule has 1 aromatic heterocycles. The largest absolute Gasteiger partial charge is 0.497 e. The number of methoxy groups -OCH3 is 2. The van der Waals surface area contributed by atoms with E-state index < -0.39 is 10.0 Å². The molecule has 0 aliphatic carbocycles. The summed E-state index contributed by atoms with van der Waals surface area (Å²) in [7, 11) is 1.07. The number of rotatable bonds is 17. The number of nitrogens with zero attached hydrogens (tertiary/aromatic N) is 7. The Labute approximate surface area is 411 Å². The zero-order chi connectivity index (χ0) is 48.8. The molecule has 0 spiro atoms. The van der Waals surface area contributed by atoms with E-state index in [0.29, 0.717) is 47.6 Å². The average molecular weight is 988 g/mol. The van der Waals surface area contributed by atoms with Crippen molar-refractivity contribution >= 4 is 73.6 Å². The highest BCUT2D eigenvalue weighted by atomic mass is 35.5. The van der Waals surface area contributed by atoms with E-state index in [1.807, 2.05) is 0 Å². The Balaban J connectivity index is 0.788. The number of hydrogen-bond donors (Lipinski definition) is 3. The van der Waals surface area contributed by atoms with E-state index in [-0.39, 0.29) is 34.8 Å². The molecule has 4 fully saturated rings. The Morgan fingerprint density at radius 1 is 0.870 bits per heavy atom. The summed E-state index contributed by atoms with van der Waals surface area (Å²) in [6.45, 7) is 14.0. The second-order valence-corrected chi connectivity index (χ2v) is 20.9. The van der Waals surface area contributed by atoms with E-state index in [2.05, 4.69) is 89.7 Å². The van der Waals surface area contributed by atoms with Gasteiger partial charge in [-0.15, -0.1) is 0 Å². The number of aryl methyl sites for hydroxylation is 2. The Morgan fingerprint density at radius 2 is 1.61 bits per heavy atom. The molecule has 69 heavy (non-hydrogen) atoms. The van der Waals surface area contributed by atoms with Gasteiger partial charge in [0.15, 0.2) is 5.82 Å². The second-order valence-electron chi connectivity index (χ2n) is 18.5. The average Bonchev–Trinajstić information content (AvgIpc) is 3.35. The number of benzene rings is 3. The van der Waals surface area contributed by atoms with Crippen molar-refractivity contribution in [1.29, 1.82) is 0 Å². The van der Waals surface area contributed by atoms with Crippen LogP contribution in [0.25, 0.3) is 0 Å². The van der Waals surface area contributed by atoms with Crippen LogP contribution in [0.1, 0.15) is 68.1 Å². The molecule has 4 aromatic rings. The van der Waals surface area contributed by atoms with Gasteiger partial charge in [0.25, 0.3) is 0 Å². The maximum atomic E-state index is 12.5. The number of amides is 2. The maximum absolute atomic E-state index is 12.5. The summed E-state index contributed by atoms with van der Waals surface area (Å²) in [6.07, 6.45) is 8.86. The SMILES string of the molecule is CCc1cc(Nc2ncc(Cl)c(Nc3ccc(OC)cc3N(C)S(C)(=O)=O)n2)c(OC)cc1N1CCC(N2CCN(CCOC3CCN(c4ccc(C5CCC(=O)NC5=O)c(C)c4)CC3)CC2)CC1. The molecule has 4 saturated heterocycles. The van der Waals surface area contributed by atoms with Crippen LogP contribution in [0.15, 0.2) is 54.7 Å². The Kier molecular flexibility index (Phi) is 16.0. The van der Waals surface area contributed by atoms with Gasteiger partial charge in [-0.05, 0) is 92.5 Å². The Hall–Kier alpha value is -5.40. The van der Waals surface area contributed by atoms with Crippen LogP contribution in [-0.4, -0.2) is 145 Å². The van der Waals surface area contributed by atoms with Crippen LogP contribution in [0.4, 0.5) is 40.2 Å². The zero-order valence-electron chi connectivity index (χ0n) is 40.7. The standard InChI is InChI=1S/C50H67ClN10O7S/c1-7-34-29-43(54-50-52-32-41(51)48(56-50)53-42-12-9-38(66-4)30-45(42)57(3)69(6,64)65)46(67-5)31-44(34)61-18-14-35(15-19-61)60-24-22-58(23-25-60)26-27-68-37-16-20-59(21-17-37)36-8-10-39(33(2)28-36)40-11-13-47(62)55-49(40)63/h8-10,12,28-32,35,37,40H,7,11,13-27H2,1-6H3,(H,55,62,63)(H2,52,53,54,56). The van der Waals surface area contributed by atoms with Crippen molar-refractivity contribution in [3.8, 4) is 11.5 Å². The van der Waals surface area contributed by atoms with E-state index >= 15 is 0 Å². The molecule has 4 aliphatic heterocycles. The van der Waals surface area contributed by atoms with Gasteiger partial charge >= 0.3 is 0 Å². The van der Waals surface area contributed by atoms with Gasteiger partial charge in [0.2, 0.25) is 27.8 Å². The first-order valence-electron chi connectivity index (χ1n) is 24.1. The van der Waals surface area contributed by atoms with Gasteiger partial charge in [0.05, 0.1) is 62.4 Å². The van der Waals surface area contributed by atoms with Crippen molar-refractivity contribution in [2.45, 2.75) is 76.9 Å². The predicted molar refractivity (Wildman–Crippen MR) is 273 cm³/mol. The number of imide groups is 1. The number of anilines is 7. The second kappa shape index (κ2) is 22.1. The van der Waals surface area contributed by atoms with Crippen LogP contribution in [0.2, 0.25) is 5.02 Å². The molecule has 0 saturated carbocycles. The molecule has 0 radical (unpaired) electrons. The molecule has 3 N–H and O–H groups in total. The quantitative estimate of drug-likeness (QED) is 0.0955. The fourth-order valence-electron chi connectivity index (χ4n) is 10.1. The lowest BCUT2D eigenvalue weighted by molar-refractivity contribution is -0.134. The van der Waals surface area contributed by atoms with Crippen molar-refractivity contribution in [3.05, 3.63) is 76.4 Å². The van der Waals surface area contributed by atoms with E-state index in [1.165, 1.54) is 37.3 Å². The minimum absolute atomic E-state index is 0.182. The molecule has 2 amide bonds. The van der Waals surface area contributed by atoms with Gasteiger partial charge in [-0.3, -0.25) is 29.0 Å². The Morgan fingerprint density at radius 3 is 2.28 bits per heavy atom. The number of piperidine rings is 3. The van der Waals surface area contributed by atoms with Crippen molar-refractivity contribution in [2.75, 3.05) is 118 Å². The lowest BCUT2D eigenvalue weighted by Gasteiger charge is -2.43. The van der Waals surface area contributed by atoms with Crippen molar-refractivity contribution in [1.82, 2.24) is 25.1 Å². The number of hydrogen-bond acceptors (Lipinski definition) is 15. The first-order chi connectivity index (χ1) is 33.2. The van der Waals surface area contributed by atoms with Crippen LogP contribution in [-0.2, 0) is 30.8 Å². The first kappa shape index (κ1) is 50.0. The van der Waals surface area contributed by atoms with Crippen molar-refractivity contribution in [2.24, 2.45) is 0 Å². The fourth-order valence-corrected chi connectivity index (χ4v) is 10.7. The smallest absolute Gasteiger partial charge is 0.234 e. The summed E-state index contributed by atoms with van der Waals surface area (Å²) in [5.41, 5.74) is 7.20. The van der Waals surface area contributed by atoms with Crippen LogP contribution in [0.5, 0.6) is 11.5 Å². The molecule has 1 atom stereocenters.